The molecule has 0 fully saturated rings. The molecular weight excluding hydrogens is 337 g/mol. The second kappa shape index (κ2) is 8.16. The molecule has 1 aromatic carbocycles. The fraction of sp³-hybridized carbons (Fsp3) is 0.200. The molecule has 1 aromatic heterocycles. The Balaban J connectivity index is 1.78. The first-order chi connectivity index (χ1) is 11.5. The predicted molar refractivity (Wildman–Crippen MR) is 87.6 cm³/mol. The lowest BCUT2D eigenvalue weighted by atomic mass is 10.2. The highest BCUT2D eigenvalue weighted by Gasteiger charge is 2.13. The minimum absolute atomic E-state index is 0.0477. The lowest BCUT2D eigenvalue weighted by Gasteiger charge is -2.07. The van der Waals surface area contributed by atoms with E-state index in [1.165, 1.54) is 11.3 Å². The van der Waals surface area contributed by atoms with Gasteiger partial charge in [-0.25, -0.2) is 4.39 Å². The molecule has 126 valence electrons. The summed E-state index contributed by atoms with van der Waals surface area (Å²) in [5.41, 5.74) is 0.00866. The molecule has 0 radical (unpaired) electrons. The van der Waals surface area contributed by atoms with Crippen LogP contribution >= 0.6 is 11.3 Å². The first kappa shape index (κ1) is 17.5. The Morgan fingerprint density at radius 2 is 2.08 bits per heavy atom. The van der Waals surface area contributed by atoms with E-state index in [1.54, 1.807) is 16.8 Å². The van der Waals surface area contributed by atoms with Crippen LogP contribution in [-0.2, 0) is 4.79 Å². The zero-order chi connectivity index (χ0) is 17.5. The van der Waals surface area contributed by atoms with Crippen molar-refractivity contribution in [3.63, 3.8) is 0 Å². The third kappa shape index (κ3) is 4.85. The quantitative estimate of drug-likeness (QED) is 0.455. The van der Waals surface area contributed by atoms with Gasteiger partial charge in [0.1, 0.15) is 5.82 Å². The number of nitro groups is 1. The van der Waals surface area contributed by atoms with Crippen molar-refractivity contribution in [2.24, 2.45) is 0 Å². The van der Waals surface area contributed by atoms with Crippen LogP contribution in [0.3, 0.4) is 0 Å². The molecular formula is C15H14FN3O4S. The fourth-order valence-electron chi connectivity index (χ4n) is 1.88. The van der Waals surface area contributed by atoms with Crippen LogP contribution in [0.1, 0.15) is 23.2 Å². The maximum atomic E-state index is 13.6. The molecule has 2 aromatic rings. The second-order valence-corrected chi connectivity index (χ2v) is 5.62. The minimum atomic E-state index is -0.750. The summed E-state index contributed by atoms with van der Waals surface area (Å²) in [6, 6.07) is 4.60. The lowest BCUT2D eigenvalue weighted by molar-refractivity contribution is -0.384. The number of carbonyl (C=O) groups excluding carboxylic acids is 2. The van der Waals surface area contributed by atoms with Crippen molar-refractivity contribution < 1.29 is 18.9 Å². The Morgan fingerprint density at radius 1 is 1.29 bits per heavy atom. The van der Waals surface area contributed by atoms with Gasteiger partial charge in [-0.05, 0) is 23.9 Å². The third-order valence-corrected chi connectivity index (χ3v) is 3.77. The smallest absolute Gasteiger partial charge is 0.271 e. The van der Waals surface area contributed by atoms with Crippen molar-refractivity contribution in [2.45, 2.75) is 12.8 Å². The molecule has 0 aliphatic heterocycles. The van der Waals surface area contributed by atoms with Crippen LogP contribution in [0.4, 0.5) is 15.8 Å². The summed E-state index contributed by atoms with van der Waals surface area (Å²) in [6.07, 6.45) is 0.407. The van der Waals surface area contributed by atoms with Gasteiger partial charge in [0.15, 0.2) is 0 Å². The molecule has 0 saturated carbocycles. The Bertz CT molecular complexity index is 749. The molecule has 24 heavy (non-hydrogen) atoms. The number of carbonyl (C=O) groups is 2. The number of rotatable bonds is 7. The number of anilines is 1. The molecule has 2 amide bonds. The largest absolute Gasteiger partial charge is 0.352 e. The van der Waals surface area contributed by atoms with Crippen LogP contribution in [0, 0.1) is 15.9 Å². The number of thiophene rings is 1. The monoisotopic (exact) mass is 351 g/mol. The molecule has 0 saturated heterocycles. The molecule has 2 N–H and O–H groups in total. The van der Waals surface area contributed by atoms with E-state index in [0.717, 1.165) is 18.2 Å². The SMILES string of the molecule is O=C(CCCNC(=O)c1ccsc1)Nc1cc([N+](=O)[O-])ccc1F. The third-order valence-electron chi connectivity index (χ3n) is 3.08. The number of amides is 2. The Labute approximate surface area is 140 Å². The van der Waals surface area contributed by atoms with Gasteiger partial charge in [0, 0.05) is 36.0 Å². The second-order valence-electron chi connectivity index (χ2n) is 4.84. The van der Waals surface area contributed by atoms with E-state index in [1.807, 2.05) is 0 Å². The molecule has 9 heteroatoms. The number of nitrogens with zero attached hydrogens (tertiary/aromatic N) is 1. The number of benzene rings is 1. The topological polar surface area (TPSA) is 101 Å². The molecule has 0 aliphatic rings. The highest BCUT2D eigenvalue weighted by Crippen LogP contribution is 2.21. The van der Waals surface area contributed by atoms with Crippen molar-refractivity contribution in [3.05, 3.63) is 56.5 Å². The van der Waals surface area contributed by atoms with E-state index in [9.17, 15) is 24.1 Å². The summed E-state index contributed by atoms with van der Waals surface area (Å²) in [5, 5.41) is 19.1. The van der Waals surface area contributed by atoms with E-state index >= 15 is 0 Å². The zero-order valence-electron chi connectivity index (χ0n) is 12.5. The van der Waals surface area contributed by atoms with Crippen LogP contribution in [0.5, 0.6) is 0 Å². The predicted octanol–water partition coefficient (Wildman–Crippen LogP) is 2.94. The Hall–Kier alpha value is -2.81. The van der Waals surface area contributed by atoms with Crippen molar-refractivity contribution in [1.29, 1.82) is 0 Å². The summed E-state index contributed by atoms with van der Waals surface area (Å²) < 4.78 is 13.6. The summed E-state index contributed by atoms with van der Waals surface area (Å²) in [4.78, 5) is 33.4. The maximum Gasteiger partial charge on any atom is 0.271 e. The van der Waals surface area contributed by atoms with Crippen molar-refractivity contribution in [2.75, 3.05) is 11.9 Å². The standard InChI is InChI=1S/C15H14FN3O4S/c16-12-4-3-11(19(22)23)8-13(12)18-14(20)2-1-6-17-15(21)10-5-7-24-9-10/h3-5,7-9H,1-2,6H2,(H,17,21)(H,18,20). The molecule has 2 rings (SSSR count). The molecule has 0 aliphatic carbocycles. The van der Waals surface area contributed by atoms with Gasteiger partial charge in [0.2, 0.25) is 5.91 Å². The highest BCUT2D eigenvalue weighted by atomic mass is 32.1. The Morgan fingerprint density at radius 3 is 2.75 bits per heavy atom. The summed E-state index contributed by atoms with van der Waals surface area (Å²) in [7, 11) is 0. The van der Waals surface area contributed by atoms with Crippen LogP contribution in [-0.4, -0.2) is 23.3 Å². The first-order valence-corrected chi connectivity index (χ1v) is 7.96. The van der Waals surface area contributed by atoms with Crippen LogP contribution in [0.25, 0.3) is 0 Å². The summed E-state index contributed by atoms with van der Waals surface area (Å²) in [5.74, 6) is -1.46. The van der Waals surface area contributed by atoms with Gasteiger partial charge >= 0.3 is 0 Å². The fourth-order valence-corrected chi connectivity index (χ4v) is 2.52. The maximum absolute atomic E-state index is 13.6. The van der Waals surface area contributed by atoms with Gasteiger partial charge in [-0.15, -0.1) is 0 Å². The number of halogens is 1. The van der Waals surface area contributed by atoms with E-state index < -0.39 is 16.6 Å². The van der Waals surface area contributed by atoms with Gasteiger partial charge in [0.25, 0.3) is 11.6 Å². The van der Waals surface area contributed by atoms with Crippen LogP contribution in [0.2, 0.25) is 0 Å². The van der Waals surface area contributed by atoms with Crippen LogP contribution in [0.15, 0.2) is 35.0 Å². The number of hydrogen-bond acceptors (Lipinski definition) is 5. The molecule has 0 unspecified atom stereocenters. The van der Waals surface area contributed by atoms with Crippen molar-refractivity contribution in [3.8, 4) is 0 Å². The summed E-state index contributed by atoms with van der Waals surface area (Å²) in [6.45, 7) is 0.291. The van der Waals surface area contributed by atoms with E-state index in [4.69, 9.17) is 0 Å². The number of nitro benzene ring substituents is 1. The molecule has 1 heterocycles. The number of hydrogen-bond donors (Lipinski definition) is 2. The average molecular weight is 351 g/mol. The number of non-ortho nitro benzene ring substituents is 1. The van der Waals surface area contributed by atoms with Gasteiger partial charge in [-0.1, -0.05) is 0 Å². The number of nitrogens with one attached hydrogen (secondary N) is 2. The molecule has 0 atom stereocenters. The van der Waals surface area contributed by atoms with Gasteiger partial charge in [0.05, 0.1) is 10.6 Å². The zero-order valence-corrected chi connectivity index (χ0v) is 13.3. The van der Waals surface area contributed by atoms with Gasteiger partial charge in [-0.3, -0.25) is 19.7 Å². The Kier molecular flexibility index (Phi) is 5.96. The van der Waals surface area contributed by atoms with E-state index in [-0.39, 0.29) is 23.7 Å². The molecule has 7 nitrogen and oxygen atoms in total. The first-order valence-electron chi connectivity index (χ1n) is 7.01. The average Bonchev–Trinajstić information content (AvgIpc) is 3.07. The minimum Gasteiger partial charge on any atom is -0.352 e. The molecule has 0 spiro atoms. The van der Waals surface area contributed by atoms with Gasteiger partial charge < -0.3 is 10.6 Å². The lowest BCUT2D eigenvalue weighted by Crippen LogP contribution is -2.25. The van der Waals surface area contributed by atoms with Gasteiger partial charge in [-0.2, -0.15) is 11.3 Å². The van der Waals surface area contributed by atoms with Crippen molar-refractivity contribution in [1.82, 2.24) is 5.32 Å². The normalized spacial score (nSPS) is 10.2. The van der Waals surface area contributed by atoms with Crippen LogP contribution < -0.4 is 10.6 Å². The highest BCUT2D eigenvalue weighted by molar-refractivity contribution is 7.08. The molecule has 0 bridgehead atoms. The van der Waals surface area contributed by atoms with E-state index in [2.05, 4.69) is 10.6 Å². The van der Waals surface area contributed by atoms with E-state index in [0.29, 0.717) is 18.5 Å². The van der Waals surface area contributed by atoms with Crippen molar-refractivity contribution >= 4 is 34.5 Å². The summed E-state index contributed by atoms with van der Waals surface area (Å²) >= 11 is 1.41.